The summed E-state index contributed by atoms with van der Waals surface area (Å²) in [7, 11) is 0. The van der Waals surface area contributed by atoms with E-state index in [0.29, 0.717) is 11.1 Å². The van der Waals surface area contributed by atoms with Crippen molar-refractivity contribution in [1.29, 1.82) is 0 Å². The average Bonchev–Trinajstić information content (AvgIpc) is 2.38. The first kappa shape index (κ1) is 13.9. The fourth-order valence-corrected chi connectivity index (χ4v) is 2.23. The Morgan fingerprint density at radius 1 is 0.800 bits per heavy atom. The van der Waals surface area contributed by atoms with Gasteiger partial charge < -0.3 is 15.3 Å². The van der Waals surface area contributed by atoms with Crippen molar-refractivity contribution in [1.82, 2.24) is 0 Å². The van der Waals surface area contributed by atoms with Crippen LogP contribution in [0.5, 0.6) is 11.5 Å². The van der Waals surface area contributed by atoms with Gasteiger partial charge in [0, 0.05) is 0 Å². The van der Waals surface area contributed by atoms with Gasteiger partial charge in [0.05, 0.1) is 0 Å². The van der Waals surface area contributed by atoms with Crippen LogP contribution in [0.2, 0.25) is 0 Å². The summed E-state index contributed by atoms with van der Waals surface area (Å²) in [6.45, 7) is 5.24. The van der Waals surface area contributed by atoms with Gasteiger partial charge in [-0.05, 0) is 72.9 Å². The molecule has 104 valence electrons. The van der Waals surface area contributed by atoms with Crippen molar-refractivity contribution in [3.05, 3.63) is 46.5 Å². The monoisotopic (exact) mass is 272 g/mol. The van der Waals surface area contributed by atoms with E-state index in [0.717, 1.165) is 16.7 Å². The predicted octanol–water partition coefficient (Wildman–Crippen LogP) is 3.39. The largest absolute Gasteiger partial charge is 0.507 e. The quantitative estimate of drug-likeness (QED) is 0.783. The molecule has 0 spiro atoms. The second kappa shape index (κ2) is 4.89. The van der Waals surface area contributed by atoms with Crippen LogP contribution in [0.4, 0.5) is 0 Å². The Hall–Kier alpha value is -2.49. The molecule has 2 rings (SSSR count). The van der Waals surface area contributed by atoms with Gasteiger partial charge in [-0.15, -0.1) is 0 Å². The Balaban J connectivity index is 2.67. The Morgan fingerprint density at radius 2 is 1.20 bits per heavy atom. The van der Waals surface area contributed by atoms with Crippen molar-refractivity contribution >= 4 is 5.97 Å². The number of carboxylic acids is 1. The molecule has 0 atom stereocenters. The molecule has 20 heavy (non-hydrogen) atoms. The molecule has 0 saturated heterocycles. The second-order valence-corrected chi connectivity index (χ2v) is 4.95. The maximum absolute atomic E-state index is 11.1. The van der Waals surface area contributed by atoms with E-state index in [2.05, 4.69) is 0 Å². The highest BCUT2D eigenvalue weighted by Crippen LogP contribution is 2.33. The molecule has 3 N–H and O–H groups in total. The Bertz CT molecular complexity index is 679. The summed E-state index contributed by atoms with van der Waals surface area (Å²) < 4.78 is 0. The van der Waals surface area contributed by atoms with E-state index in [1.54, 1.807) is 39.0 Å². The first-order chi connectivity index (χ1) is 9.31. The van der Waals surface area contributed by atoms with Crippen molar-refractivity contribution in [2.24, 2.45) is 0 Å². The molecule has 0 heterocycles. The summed E-state index contributed by atoms with van der Waals surface area (Å²) in [5.41, 5.74) is 3.34. The fourth-order valence-electron chi connectivity index (χ4n) is 2.23. The lowest BCUT2D eigenvalue weighted by molar-refractivity contribution is 0.0693. The number of phenolic OH excluding ortho intramolecular Hbond substituents is 1. The number of carboxylic acid groups (broad SMARTS) is 1. The number of aryl methyl sites for hydroxylation is 3. The number of aromatic hydroxyl groups is 2. The van der Waals surface area contributed by atoms with Crippen LogP contribution in [-0.4, -0.2) is 21.3 Å². The topological polar surface area (TPSA) is 77.8 Å². The lowest BCUT2D eigenvalue weighted by Gasteiger charge is -2.11. The highest BCUT2D eigenvalue weighted by Gasteiger charge is 2.15. The maximum Gasteiger partial charge on any atom is 0.339 e. The summed E-state index contributed by atoms with van der Waals surface area (Å²) in [4.78, 5) is 11.1. The molecule has 4 heteroatoms. The van der Waals surface area contributed by atoms with Gasteiger partial charge in [-0.1, -0.05) is 0 Å². The molecule has 0 aliphatic heterocycles. The lowest BCUT2D eigenvalue weighted by atomic mass is 9.96. The zero-order chi connectivity index (χ0) is 15.0. The van der Waals surface area contributed by atoms with Gasteiger partial charge in [0.15, 0.2) is 0 Å². The van der Waals surface area contributed by atoms with Crippen LogP contribution in [0.15, 0.2) is 24.3 Å². The van der Waals surface area contributed by atoms with Crippen molar-refractivity contribution in [3.8, 4) is 22.6 Å². The minimum absolute atomic E-state index is 0.122. The third-order valence-electron chi connectivity index (χ3n) is 3.36. The fraction of sp³-hybridized carbons (Fsp3) is 0.188. The normalized spacial score (nSPS) is 10.6. The first-order valence-electron chi connectivity index (χ1n) is 6.18. The molecule has 0 saturated carbocycles. The third-order valence-corrected chi connectivity index (χ3v) is 3.36. The molecule has 4 nitrogen and oxygen atoms in total. The lowest BCUT2D eigenvalue weighted by Crippen LogP contribution is -1.99. The number of rotatable bonds is 2. The standard InChI is InChI=1S/C16H16O4/c1-8-4-11(5-9(2)14(8)17)12-6-10(3)15(18)13(7-12)16(19)20/h4-7,17-18H,1-3H3,(H,19,20). The highest BCUT2D eigenvalue weighted by molar-refractivity contribution is 5.93. The zero-order valence-corrected chi connectivity index (χ0v) is 11.6. The van der Waals surface area contributed by atoms with E-state index in [4.69, 9.17) is 5.11 Å². The SMILES string of the molecule is Cc1cc(-c2cc(C)c(O)c(C(=O)O)c2)cc(C)c1O. The van der Waals surface area contributed by atoms with Gasteiger partial charge in [-0.25, -0.2) is 4.79 Å². The highest BCUT2D eigenvalue weighted by atomic mass is 16.4. The van der Waals surface area contributed by atoms with Crippen LogP contribution in [0.1, 0.15) is 27.0 Å². The van der Waals surface area contributed by atoms with Crippen molar-refractivity contribution in [2.45, 2.75) is 20.8 Å². The molecule has 0 bridgehead atoms. The smallest absolute Gasteiger partial charge is 0.339 e. The Labute approximate surface area is 116 Å². The van der Waals surface area contributed by atoms with Gasteiger partial charge in [0.25, 0.3) is 0 Å². The zero-order valence-electron chi connectivity index (χ0n) is 11.6. The van der Waals surface area contributed by atoms with E-state index >= 15 is 0 Å². The van der Waals surface area contributed by atoms with Crippen LogP contribution in [0.3, 0.4) is 0 Å². The van der Waals surface area contributed by atoms with Gasteiger partial charge >= 0.3 is 5.97 Å². The number of carbonyl (C=O) groups is 1. The predicted molar refractivity (Wildman–Crippen MR) is 76.4 cm³/mol. The molecule has 2 aromatic rings. The molecule has 2 aromatic carbocycles. The Morgan fingerprint density at radius 3 is 1.65 bits per heavy atom. The Kier molecular flexibility index (Phi) is 3.40. The van der Waals surface area contributed by atoms with Crippen LogP contribution < -0.4 is 0 Å². The van der Waals surface area contributed by atoms with Gasteiger partial charge in [0.1, 0.15) is 17.1 Å². The molecule has 0 fully saturated rings. The number of phenols is 2. The van der Waals surface area contributed by atoms with E-state index in [1.165, 1.54) is 6.07 Å². The summed E-state index contributed by atoms with van der Waals surface area (Å²) in [6, 6.07) is 6.75. The van der Waals surface area contributed by atoms with E-state index in [-0.39, 0.29) is 17.1 Å². The van der Waals surface area contributed by atoms with Gasteiger partial charge in [-0.2, -0.15) is 0 Å². The summed E-state index contributed by atoms with van der Waals surface area (Å²) in [5.74, 6) is -1.14. The molecule has 0 unspecified atom stereocenters. The summed E-state index contributed by atoms with van der Waals surface area (Å²) in [6.07, 6.45) is 0. The van der Waals surface area contributed by atoms with E-state index in [9.17, 15) is 15.0 Å². The number of hydrogen-bond acceptors (Lipinski definition) is 3. The van der Waals surface area contributed by atoms with Crippen LogP contribution in [0.25, 0.3) is 11.1 Å². The van der Waals surface area contributed by atoms with Crippen molar-refractivity contribution in [3.63, 3.8) is 0 Å². The molecule has 0 aliphatic rings. The van der Waals surface area contributed by atoms with Gasteiger partial charge in [-0.3, -0.25) is 0 Å². The molecule has 0 amide bonds. The number of hydrogen-bond donors (Lipinski definition) is 3. The molecule has 0 radical (unpaired) electrons. The molecular weight excluding hydrogens is 256 g/mol. The maximum atomic E-state index is 11.1. The average molecular weight is 272 g/mol. The van der Waals surface area contributed by atoms with Crippen LogP contribution in [0, 0.1) is 20.8 Å². The third kappa shape index (κ3) is 2.32. The van der Waals surface area contributed by atoms with E-state index in [1.807, 2.05) is 0 Å². The van der Waals surface area contributed by atoms with Crippen molar-refractivity contribution in [2.75, 3.05) is 0 Å². The van der Waals surface area contributed by atoms with Crippen LogP contribution >= 0.6 is 0 Å². The second-order valence-electron chi connectivity index (χ2n) is 4.95. The minimum Gasteiger partial charge on any atom is -0.507 e. The summed E-state index contributed by atoms with van der Waals surface area (Å²) in [5, 5.41) is 28.7. The molecule has 0 aliphatic carbocycles. The van der Waals surface area contributed by atoms with Gasteiger partial charge in [0.2, 0.25) is 0 Å². The van der Waals surface area contributed by atoms with Crippen LogP contribution in [-0.2, 0) is 0 Å². The van der Waals surface area contributed by atoms with E-state index < -0.39 is 5.97 Å². The number of benzene rings is 2. The molecular formula is C16H16O4. The summed E-state index contributed by atoms with van der Waals surface area (Å²) >= 11 is 0. The number of aromatic carboxylic acids is 1. The molecule has 0 aromatic heterocycles. The minimum atomic E-state index is -1.17. The van der Waals surface area contributed by atoms with Crippen molar-refractivity contribution < 1.29 is 20.1 Å². The first-order valence-corrected chi connectivity index (χ1v) is 6.18.